The number of hydrogen-bond acceptors (Lipinski definition) is 6. The van der Waals surface area contributed by atoms with Gasteiger partial charge in [0.25, 0.3) is 23.6 Å². The minimum atomic E-state index is -0.237. The van der Waals surface area contributed by atoms with Crippen LogP contribution in [0.1, 0.15) is 72.8 Å². The number of aryl methyl sites for hydroxylation is 2. The van der Waals surface area contributed by atoms with E-state index in [9.17, 15) is 19.2 Å². The predicted octanol–water partition coefficient (Wildman–Crippen LogP) is 4.67. The van der Waals surface area contributed by atoms with Gasteiger partial charge in [-0.25, -0.2) is 0 Å². The standard InChI is InChI=1S/C36H36N4O4/c1-22(2)38(20-21-40-33(41)26-8-3-6-23-7-4-9-27(31(23)26)34(40)42)18-5-16-37-17-19-39-35(43)28-14-12-24-10-11-25-13-15-29(36(39)44)32(28)30(24)25/h3-4,6-9,12-15,22,37H,5,10-11,16-21H2,1-2H3. The smallest absolute Gasteiger partial charge is 0.261 e. The fourth-order valence-corrected chi connectivity index (χ4v) is 7.13. The number of hydrogen-bond donors (Lipinski definition) is 1. The number of carbonyl (C=O) groups is 4. The zero-order chi connectivity index (χ0) is 30.5. The van der Waals surface area contributed by atoms with E-state index in [2.05, 4.69) is 24.1 Å². The van der Waals surface area contributed by atoms with Gasteiger partial charge in [0.1, 0.15) is 0 Å². The summed E-state index contributed by atoms with van der Waals surface area (Å²) < 4.78 is 0. The van der Waals surface area contributed by atoms with Crippen molar-refractivity contribution in [3.63, 3.8) is 0 Å². The molecular weight excluding hydrogens is 552 g/mol. The van der Waals surface area contributed by atoms with Gasteiger partial charge in [-0.3, -0.25) is 33.9 Å². The summed E-state index contributed by atoms with van der Waals surface area (Å²) in [6.07, 6.45) is 2.76. The van der Waals surface area contributed by atoms with E-state index in [0.29, 0.717) is 48.4 Å². The second-order valence-electron chi connectivity index (χ2n) is 12.3. The average Bonchev–Trinajstić information content (AvgIpc) is 3.46. The van der Waals surface area contributed by atoms with Gasteiger partial charge in [0, 0.05) is 65.2 Å². The molecule has 4 aromatic carbocycles. The van der Waals surface area contributed by atoms with Crippen molar-refractivity contribution in [3.05, 3.63) is 94.0 Å². The molecule has 0 atom stereocenters. The molecular formula is C36H36N4O4. The van der Waals surface area contributed by atoms with Crippen molar-refractivity contribution in [2.24, 2.45) is 0 Å². The van der Waals surface area contributed by atoms with Gasteiger partial charge in [0.15, 0.2) is 0 Å². The maximum atomic E-state index is 13.3. The molecule has 7 rings (SSSR count). The number of imide groups is 2. The molecule has 0 saturated heterocycles. The van der Waals surface area contributed by atoms with Crippen LogP contribution in [0.25, 0.3) is 21.5 Å². The van der Waals surface area contributed by atoms with Crippen LogP contribution in [0.15, 0.2) is 60.7 Å². The van der Waals surface area contributed by atoms with E-state index in [4.69, 9.17) is 0 Å². The van der Waals surface area contributed by atoms with Gasteiger partial charge in [0.05, 0.1) is 0 Å². The Hall–Kier alpha value is -4.40. The largest absolute Gasteiger partial charge is 0.315 e. The molecule has 0 radical (unpaired) electrons. The van der Waals surface area contributed by atoms with E-state index in [1.54, 1.807) is 12.1 Å². The van der Waals surface area contributed by atoms with Gasteiger partial charge in [0.2, 0.25) is 0 Å². The van der Waals surface area contributed by atoms with Crippen LogP contribution in [0, 0.1) is 0 Å². The minimum absolute atomic E-state index is 0.216. The van der Waals surface area contributed by atoms with Crippen molar-refractivity contribution < 1.29 is 19.2 Å². The lowest BCUT2D eigenvalue weighted by Gasteiger charge is -2.32. The van der Waals surface area contributed by atoms with Crippen molar-refractivity contribution in [2.45, 2.75) is 39.2 Å². The summed E-state index contributed by atoms with van der Waals surface area (Å²) in [5.41, 5.74) is 4.86. The van der Waals surface area contributed by atoms with E-state index in [-0.39, 0.29) is 29.7 Å². The van der Waals surface area contributed by atoms with Crippen LogP contribution in [0.3, 0.4) is 0 Å². The van der Waals surface area contributed by atoms with Crippen LogP contribution in [0.4, 0.5) is 0 Å². The molecule has 0 unspecified atom stereocenters. The predicted molar refractivity (Wildman–Crippen MR) is 170 cm³/mol. The minimum Gasteiger partial charge on any atom is -0.315 e. The lowest BCUT2D eigenvalue weighted by molar-refractivity contribution is 0.0579. The second-order valence-corrected chi connectivity index (χ2v) is 12.3. The third kappa shape index (κ3) is 4.60. The molecule has 1 N–H and O–H groups in total. The van der Waals surface area contributed by atoms with E-state index >= 15 is 0 Å². The third-order valence-electron chi connectivity index (χ3n) is 9.46. The van der Waals surface area contributed by atoms with Crippen molar-refractivity contribution in [1.29, 1.82) is 0 Å². The van der Waals surface area contributed by atoms with Crippen LogP contribution >= 0.6 is 0 Å². The van der Waals surface area contributed by atoms with Crippen LogP contribution in [-0.4, -0.2) is 83.6 Å². The molecule has 1 aliphatic carbocycles. The first-order valence-electron chi connectivity index (χ1n) is 15.6. The van der Waals surface area contributed by atoms with Gasteiger partial charge in [-0.05, 0) is 92.4 Å². The molecule has 8 nitrogen and oxygen atoms in total. The molecule has 2 heterocycles. The molecule has 0 spiro atoms. The fraction of sp³-hybridized carbons (Fsp3) is 0.333. The monoisotopic (exact) mass is 588 g/mol. The molecule has 8 heteroatoms. The first kappa shape index (κ1) is 28.4. The van der Waals surface area contributed by atoms with E-state index < -0.39 is 0 Å². The highest BCUT2D eigenvalue weighted by atomic mass is 16.2. The first-order chi connectivity index (χ1) is 21.3. The fourth-order valence-electron chi connectivity index (χ4n) is 7.13. The molecule has 0 bridgehead atoms. The average molecular weight is 589 g/mol. The highest BCUT2D eigenvalue weighted by molar-refractivity contribution is 6.27. The number of nitrogens with one attached hydrogen (secondary N) is 1. The van der Waals surface area contributed by atoms with Crippen LogP contribution in [0.2, 0.25) is 0 Å². The maximum absolute atomic E-state index is 13.3. The normalized spacial score (nSPS) is 15.6. The number of nitrogens with zero attached hydrogens (tertiary/aromatic N) is 3. The van der Waals surface area contributed by atoms with Crippen LogP contribution in [-0.2, 0) is 12.8 Å². The Bertz CT molecular complexity index is 1750. The molecule has 0 aromatic heterocycles. The summed E-state index contributed by atoms with van der Waals surface area (Å²) in [6.45, 7) is 7.45. The maximum Gasteiger partial charge on any atom is 0.261 e. The third-order valence-corrected chi connectivity index (χ3v) is 9.46. The van der Waals surface area contributed by atoms with Gasteiger partial charge in [-0.2, -0.15) is 0 Å². The first-order valence-corrected chi connectivity index (χ1v) is 15.6. The number of benzene rings is 4. The molecule has 0 fully saturated rings. The van der Waals surface area contributed by atoms with Crippen molar-refractivity contribution in [3.8, 4) is 0 Å². The quantitative estimate of drug-likeness (QED) is 0.202. The highest BCUT2D eigenvalue weighted by Gasteiger charge is 2.35. The van der Waals surface area contributed by atoms with E-state index in [0.717, 1.165) is 53.9 Å². The molecule has 3 aliphatic rings. The van der Waals surface area contributed by atoms with E-state index in [1.807, 2.05) is 48.5 Å². The van der Waals surface area contributed by atoms with Gasteiger partial charge < -0.3 is 5.32 Å². The van der Waals surface area contributed by atoms with Crippen LogP contribution in [0.5, 0.6) is 0 Å². The van der Waals surface area contributed by atoms with Crippen molar-refractivity contribution in [2.75, 3.05) is 39.3 Å². The summed E-state index contributed by atoms with van der Waals surface area (Å²) in [7, 11) is 0. The van der Waals surface area contributed by atoms with E-state index in [1.165, 1.54) is 20.9 Å². The Morgan fingerprint density at radius 2 is 1.18 bits per heavy atom. The molecule has 4 aromatic rings. The lowest BCUT2D eigenvalue weighted by Crippen LogP contribution is -2.46. The summed E-state index contributed by atoms with van der Waals surface area (Å²) in [5, 5.41) is 6.98. The Labute approximate surface area is 256 Å². The Kier molecular flexibility index (Phi) is 7.26. The zero-order valence-electron chi connectivity index (χ0n) is 25.2. The second kappa shape index (κ2) is 11.3. The summed E-state index contributed by atoms with van der Waals surface area (Å²) in [4.78, 5) is 58.2. The Morgan fingerprint density at radius 1 is 0.636 bits per heavy atom. The molecule has 0 saturated carbocycles. The van der Waals surface area contributed by atoms with Gasteiger partial charge in [-0.1, -0.05) is 36.4 Å². The lowest BCUT2D eigenvalue weighted by atomic mass is 9.91. The molecule has 2 aliphatic heterocycles. The Balaban J connectivity index is 0.917. The summed E-state index contributed by atoms with van der Waals surface area (Å²) in [5.74, 6) is -0.906. The summed E-state index contributed by atoms with van der Waals surface area (Å²) >= 11 is 0. The topological polar surface area (TPSA) is 90.0 Å². The molecule has 4 amide bonds. The highest BCUT2D eigenvalue weighted by Crippen LogP contribution is 2.38. The van der Waals surface area contributed by atoms with Crippen molar-refractivity contribution >= 4 is 45.2 Å². The SMILES string of the molecule is CC(C)N(CCCNCCN1C(=O)c2ccc3c4c(ccc(c24)C1=O)CC3)CCN1C(=O)c2cccc3cccc(c23)C1=O. The summed E-state index contributed by atoms with van der Waals surface area (Å²) in [6, 6.07) is 19.3. The number of amides is 4. The Morgan fingerprint density at radius 3 is 1.75 bits per heavy atom. The van der Waals surface area contributed by atoms with Gasteiger partial charge >= 0.3 is 0 Å². The van der Waals surface area contributed by atoms with Gasteiger partial charge in [-0.15, -0.1) is 0 Å². The molecule has 44 heavy (non-hydrogen) atoms. The molecule has 224 valence electrons. The zero-order valence-corrected chi connectivity index (χ0v) is 25.2. The number of rotatable bonds is 11. The van der Waals surface area contributed by atoms with Crippen molar-refractivity contribution in [1.82, 2.24) is 20.0 Å². The number of carbonyl (C=O) groups excluding carboxylic acids is 4. The van der Waals surface area contributed by atoms with Crippen LogP contribution < -0.4 is 5.32 Å².